The van der Waals surface area contributed by atoms with Gasteiger partial charge in [-0.2, -0.15) is 5.10 Å². The van der Waals surface area contributed by atoms with Gasteiger partial charge in [-0.1, -0.05) is 6.07 Å². The van der Waals surface area contributed by atoms with E-state index in [1.807, 2.05) is 24.1 Å². The lowest BCUT2D eigenvalue weighted by atomic mass is 10.2. The van der Waals surface area contributed by atoms with Crippen LogP contribution in [0.3, 0.4) is 0 Å². The summed E-state index contributed by atoms with van der Waals surface area (Å²) in [5.41, 5.74) is 1.69. The van der Waals surface area contributed by atoms with Crippen LogP contribution in [0.25, 0.3) is 0 Å². The molecule has 94 valence electrons. The zero-order valence-electron chi connectivity index (χ0n) is 10.2. The van der Waals surface area contributed by atoms with Crippen LogP contribution in [0, 0.1) is 0 Å². The van der Waals surface area contributed by atoms with Crippen LogP contribution in [0.4, 0.5) is 5.69 Å². The Balaban J connectivity index is 2.27. The van der Waals surface area contributed by atoms with Gasteiger partial charge in [0, 0.05) is 33.0 Å². The van der Waals surface area contributed by atoms with Gasteiger partial charge < -0.3 is 4.90 Å². The maximum absolute atomic E-state index is 11.8. The zero-order chi connectivity index (χ0) is 13.1. The second-order valence-corrected chi connectivity index (χ2v) is 4.78. The van der Waals surface area contributed by atoms with Crippen molar-refractivity contribution in [3.8, 4) is 0 Å². The van der Waals surface area contributed by atoms with Gasteiger partial charge in [-0.25, -0.2) is 4.68 Å². The molecule has 0 amide bonds. The fourth-order valence-electron chi connectivity index (χ4n) is 1.62. The topological polar surface area (TPSA) is 51.0 Å². The number of rotatable bonds is 3. The number of aryl methyl sites for hydroxylation is 1. The molecule has 0 radical (unpaired) electrons. The van der Waals surface area contributed by atoms with E-state index in [4.69, 9.17) is 0 Å². The van der Waals surface area contributed by atoms with Crippen LogP contribution < -0.4 is 10.5 Å². The monoisotopic (exact) mass is 308 g/mol. The minimum absolute atomic E-state index is 0.148. The minimum atomic E-state index is -0.148. The quantitative estimate of drug-likeness (QED) is 0.864. The highest BCUT2D eigenvalue weighted by atomic mass is 79.9. The lowest BCUT2D eigenvalue weighted by Gasteiger charge is -2.20. The standard InChI is InChI=1S/C12H13BrN4O/c1-16(8-9-4-3-5-14-6-9)10-7-15-17(2)12(18)11(10)13/h3-7H,8H2,1-2H3. The van der Waals surface area contributed by atoms with E-state index < -0.39 is 0 Å². The second-order valence-electron chi connectivity index (χ2n) is 3.99. The van der Waals surface area contributed by atoms with E-state index in [2.05, 4.69) is 26.0 Å². The number of nitrogens with zero attached hydrogens (tertiary/aromatic N) is 4. The zero-order valence-corrected chi connectivity index (χ0v) is 11.8. The molecular weight excluding hydrogens is 296 g/mol. The molecule has 0 saturated carbocycles. The largest absolute Gasteiger partial charge is 0.368 e. The van der Waals surface area contributed by atoms with Crippen LogP contribution in [0.5, 0.6) is 0 Å². The van der Waals surface area contributed by atoms with Crippen molar-refractivity contribution in [3.63, 3.8) is 0 Å². The van der Waals surface area contributed by atoms with Crippen LogP contribution in [0.2, 0.25) is 0 Å². The lowest BCUT2D eigenvalue weighted by Crippen LogP contribution is -2.25. The number of anilines is 1. The third kappa shape index (κ3) is 2.59. The van der Waals surface area contributed by atoms with Crippen molar-refractivity contribution >= 4 is 21.6 Å². The summed E-state index contributed by atoms with van der Waals surface area (Å²) in [7, 11) is 3.53. The van der Waals surface area contributed by atoms with E-state index >= 15 is 0 Å². The first-order chi connectivity index (χ1) is 8.59. The molecule has 2 rings (SSSR count). The van der Waals surface area contributed by atoms with Crippen LogP contribution >= 0.6 is 15.9 Å². The fraction of sp³-hybridized carbons (Fsp3) is 0.250. The molecule has 0 saturated heterocycles. The molecule has 6 heteroatoms. The van der Waals surface area contributed by atoms with E-state index in [0.717, 1.165) is 11.3 Å². The molecule has 18 heavy (non-hydrogen) atoms. The molecule has 2 aromatic heterocycles. The Bertz CT molecular complexity index is 597. The molecule has 0 aromatic carbocycles. The highest BCUT2D eigenvalue weighted by Crippen LogP contribution is 2.21. The Morgan fingerprint density at radius 1 is 1.44 bits per heavy atom. The van der Waals surface area contributed by atoms with E-state index in [-0.39, 0.29) is 5.56 Å². The Morgan fingerprint density at radius 3 is 2.89 bits per heavy atom. The van der Waals surface area contributed by atoms with Gasteiger partial charge in [0.15, 0.2) is 0 Å². The summed E-state index contributed by atoms with van der Waals surface area (Å²) in [5.74, 6) is 0. The molecule has 5 nitrogen and oxygen atoms in total. The maximum atomic E-state index is 11.8. The average Bonchev–Trinajstić information content (AvgIpc) is 2.37. The highest BCUT2D eigenvalue weighted by Gasteiger charge is 2.11. The summed E-state index contributed by atoms with van der Waals surface area (Å²) in [6.45, 7) is 0.668. The van der Waals surface area contributed by atoms with Gasteiger partial charge >= 0.3 is 0 Å². The van der Waals surface area contributed by atoms with Crippen LogP contribution in [-0.4, -0.2) is 21.8 Å². The Hall–Kier alpha value is -1.69. The number of hydrogen-bond donors (Lipinski definition) is 0. The van der Waals surface area contributed by atoms with E-state index in [1.165, 1.54) is 4.68 Å². The summed E-state index contributed by atoms with van der Waals surface area (Å²) in [6, 6.07) is 3.88. The molecule has 0 aliphatic carbocycles. The number of aromatic nitrogens is 3. The molecule has 0 bridgehead atoms. The number of pyridine rings is 1. The Morgan fingerprint density at radius 2 is 2.22 bits per heavy atom. The van der Waals surface area contributed by atoms with Gasteiger partial charge in [0.05, 0.1) is 11.9 Å². The van der Waals surface area contributed by atoms with Gasteiger partial charge in [0.1, 0.15) is 4.47 Å². The molecule has 0 unspecified atom stereocenters. The molecule has 2 aromatic rings. The number of halogens is 1. The predicted molar refractivity (Wildman–Crippen MR) is 73.5 cm³/mol. The molecule has 0 fully saturated rings. The summed E-state index contributed by atoms with van der Waals surface area (Å²) < 4.78 is 1.82. The van der Waals surface area contributed by atoms with E-state index in [9.17, 15) is 4.79 Å². The fourth-order valence-corrected chi connectivity index (χ4v) is 2.28. The maximum Gasteiger partial charge on any atom is 0.282 e. The van der Waals surface area contributed by atoms with Crippen molar-refractivity contribution in [2.75, 3.05) is 11.9 Å². The Kier molecular flexibility index (Phi) is 3.76. The predicted octanol–water partition coefficient (Wildman–Crippen LogP) is 1.57. The molecular formula is C12H13BrN4O. The smallest absolute Gasteiger partial charge is 0.282 e. The van der Waals surface area contributed by atoms with Crippen molar-refractivity contribution < 1.29 is 0 Å². The molecule has 0 N–H and O–H groups in total. The normalized spacial score (nSPS) is 10.4. The first-order valence-electron chi connectivity index (χ1n) is 5.41. The molecule has 0 atom stereocenters. The van der Waals surface area contributed by atoms with Crippen LogP contribution in [0.15, 0.2) is 40.0 Å². The average molecular weight is 309 g/mol. The lowest BCUT2D eigenvalue weighted by molar-refractivity contribution is 0.698. The second kappa shape index (κ2) is 5.30. The highest BCUT2D eigenvalue weighted by molar-refractivity contribution is 9.10. The first kappa shape index (κ1) is 12.8. The Labute approximate surface area is 113 Å². The molecule has 2 heterocycles. The van der Waals surface area contributed by atoms with Gasteiger partial charge in [0.25, 0.3) is 5.56 Å². The van der Waals surface area contributed by atoms with Crippen molar-refractivity contribution in [3.05, 3.63) is 51.1 Å². The van der Waals surface area contributed by atoms with Crippen molar-refractivity contribution in [2.24, 2.45) is 7.05 Å². The summed E-state index contributed by atoms with van der Waals surface area (Å²) in [6.07, 6.45) is 5.21. The van der Waals surface area contributed by atoms with Gasteiger partial charge in [-0.3, -0.25) is 9.78 Å². The van der Waals surface area contributed by atoms with Crippen LogP contribution in [0.1, 0.15) is 5.56 Å². The summed E-state index contributed by atoms with van der Waals surface area (Å²) in [4.78, 5) is 17.8. The summed E-state index contributed by atoms with van der Waals surface area (Å²) in [5, 5.41) is 4.02. The van der Waals surface area contributed by atoms with Crippen molar-refractivity contribution in [1.29, 1.82) is 0 Å². The number of hydrogen-bond acceptors (Lipinski definition) is 4. The SMILES string of the molecule is CN(Cc1cccnc1)c1cnn(C)c(=O)c1Br. The van der Waals surface area contributed by atoms with Gasteiger partial charge in [-0.15, -0.1) is 0 Å². The molecule has 0 aliphatic rings. The van der Waals surface area contributed by atoms with Crippen LogP contribution in [-0.2, 0) is 13.6 Å². The molecule has 0 aliphatic heterocycles. The van der Waals surface area contributed by atoms with Crippen molar-refractivity contribution in [2.45, 2.75) is 6.54 Å². The van der Waals surface area contributed by atoms with Gasteiger partial charge in [-0.05, 0) is 27.6 Å². The molecule has 0 spiro atoms. The third-order valence-corrected chi connectivity index (χ3v) is 3.36. The summed E-state index contributed by atoms with van der Waals surface area (Å²) >= 11 is 3.31. The van der Waals surface area contributed by atoms with E-state index in [1.54, 1.807) is 25.6 Å². The van der Waals surface area contributed by atoms with Crippen molar-refractivity contribution in [1.82, 2.24) is 14.8 Å². The van der Waals surface area contributed by atoms with E-state index in [0.29, 0.717) is 11.0 Å². The first-order valence-corrected chi connectivity index (χ1v) is 6.20. The van der Waals surface area contributed by atoms with Gasteiger partial charge in [0.2, 0.25) is 0 Å². The minimum Gasteiger partial charge on any atom is -0.368 e. The third-order valence-electron chi connectivity index (χ3n) is 2.61.